The molecule has 1 amide bonds. The van der Waals surface area contributed by atoms with E-state index in [1.54, 1.807) is 0 Å². The number of nitrogens with zero attached hydrogens (tertiary/aromatic N) is 1. The maximum absolute atomic E-state index is 11.5. The zero-order chi connectivity index (χ0) is 18.3. The van der Waals surface area contributed by atoms with Gasteiger partial charge in [0.05, 0.1) is 6.61 Å². The molecule has 6 heteroatoms. The molecule has 1 aromatic heterocycles. The zero-order valence-electron chi connectivity index (χ0n) is 15.1. The van der Waals surface area contributed by atoms with Crippen molar-refractivity contribution in [1.29, 1.82) is 0 Å². The summed E-state index contributed by atoms with van der Waals surface area (Å²) in [4.78, 5) is 15.7. The number of rotatable bonds is 7. The van der Waals surface area contributed by atoms with E-state index in [1.807, 2.05) is 33.2 Å². The van der Waals surface area contributed by atoms with Gasteiger partial charge in [-0.1, -0.05) is 12.1 Å². The van der Waals surface area contributed by atoms with Gasteiger partial charge in [-0.25, -0.2) is 4.79 Å². The number of hydrogen-bond donors (Lipinski definition) is 2. The van der Waals surface area contributed by atoms with Crippen molar-refractivity contribution in [3.8, 4) is 0 Å². The Bertz CT molecular complexity index is 713. The fourth-order valence-corrected chi connectivity index (χ4v) is 2.84. The molecule has 25 heavy (non-hydrogen) atoms. The summed E-state index contributed by atoms with van der Waals surface area (Å²) in [7, 11) is 0. The van der Waals surface area contributed by atoms with Crippen LogP contribution in [0.15, 0.2) is 35.1 Å². The fraction of sp³-hybridized carbons (Fsp3) is 0.474. The first-order valence-electron chi connectivity index (χ1n) is 8.53. The van der Waals surface area contributed by atoms with Gasteiger partial charge >= 0.3 is 6.09 Å². The number of aromatic nitrogens is 1. The van der Waals surface area contributed by atoms with Gasteiger partial charge in [0.1, 0.15) is 0 Å². The van der Waals surface area contributed by atoms with Gasteiger partial charge in [0.2, 0.25) is 0 Å². The van der Waals surface area contributed by atoms with E-state index >= 15 is 0 Å². The van der Waals surface area contributed by atoms with Crippen molar-refractivity contribution in [2.45, 2.75) is 45.7 Å². The molecule has 2 N–H and O–H groups in total. The minimum atomic E-state index is -0.350. The van der Waals surface area contributed by atoms with Gasteiger partial charge in [-0.15, -0.1) is 0 Å². The molecule has 0 radical (unpaired) electrons. The summed E-state index contributed by atoms with van der Waals surface area (Å²) in [6.07, 6.45) is 5.14. The summed E-state index contributed by atoms with van der Waals surface area (Å²) >= 11 is 3.54. The molecule has 1 heterocycles. The Hall–Kier alpha value is -1.66. The summed E-state index contributed by atoms with van der Waals surface area (Å²) < 4.78 is 6.17. The number of halogens is 1. The summed E-state index contributed by atoms with van der Waals surface area (Å²) in [5.41, 5.74) is 0.976. The van der Waals surface area contributed by atoms with E-state index in [0.29, 0.717) is 6.61 Å². The molecule has 0 aliphatic carbocycles. The minimum Gasteiger partial charge on any atom is -0.450 e. The summed E-state index contributed by atoms with van der Waals surface area (Å²) in [6.45, 7) is 7.94. The fourth-order valence-electron chi connectivity index (χ4n) is 2.38. The Morgan fingerprint density at radius 1 is 1.24 bits per heavy atom. The molecule has 2 rings (SSSR count). The van der Waals surface area contributed by atoms with Gasteiger partial charge in [-0.2, -0.15) is 0 Å². The van der Waals surface area contributed by atoms with Gasteiger partial charge in [-0.3, -0.25) is 4.98 Å². The highest BCUT2D eigenvalue weighted by Gasteiger charge is 2.13. The van der Waals surface area contributed by atoms with E-state index in [1.165, 1.54) is 10.9 Å². The lowest BCUT2D eigenvalue weighted by Gasteiger charge is -2.19. The Morgan fingerprint density at radius 3 is 2.80 bits per heavy atom. The standard InChI is InChI=1S/C19H26BrN3O2/c1-19(2,3)23-18(24)25-9-5-4-8-21-11-14-6-7-15-12-22-13-17(20)16(15)10-14/h6-7,10,12-13,21H,4-5,8-9,11H2,1-3H3,(H,23,24). The summed E-state index contributed by atoms with van der Waals surface area (Å²) in [5, 5.41) is 8.50. The second-order valence-corrected chi connectivity index (χ2v) is 7.93. The number of unbranched alkanes of at least 4 members (excludes halogenated alkanes) is 1. The minimum absolute atomic E-state index is 0.260. The third kappa shape index (κ3) is 7.00. The van der Waals surface area contributed by atoms with Crippen molar-refractivity contribution in [3.63, 3.8) is 0 Å². The van der Waals surface area contributed by atoms with E-state index in [9.17, 15) is 4.79 Å². The highest BCUT2D eigenvalue weighted by Crippen LogP contribution is 2.23. The number of benzene rings is 1. The Balaban J connectivity index is 1.63. The third-order valence-corrected chi connectivity index (χ3v) is 4.20. The van der Waals surface area contributed by atoms with Crippen molar-refractivity contribution in [2.24, 2.45) is 0 Å². The first-order chi connectivity index (χ1) is 11.8. The molecule has 1 aromatic carbocycles. The highest BCUT2D eigenvalue weighted by molar-refractivity contribution is 9.10. The molecule has 0 aliphatic heterocycles. The number of fused-ring (bicyclic) bond motifs is 1. The van der Waals surface area contributed by atoms with Crippen LogP contribution in [-0.2, 0) is 11.3 Å². The van der Waals surface area contributed by atoms with Crippen molar-refractivity contribution in [3.05, 3.63) is 40.6 Å². The van der Waals surface area contributed by atoms with Crippen molar-refractivity contribution in [2.75, 3.05) is 13.2 Å². The van der Waals surface area contributed by atoms with Gasteiger partial charge in [0, 0.05) is 34.3 Å². The second kappa shape index (κ2) is 9.15. The van der Waals surface area contributed by atoms with E-state index in [-0.39, 0.29) is 11.6 Å². The number of pyridine rings is 1. The second-order valence-electron chi connectivity index (χ2n) is 7.07. The number of hydrogen-bond acceptors (Lipinski definition) is 4. The Kier molecular flexibility index (Phi) is 7.20. The maximum Gasteiger partial charge on any atom is 0.407 e. The molecule has 0 unspecified atom stereocenters. The number of carbonyl (C=O) groups excluding carboxylic acids is 1. The first kappa shape index (κ1) is 19.7. The molecule has 0 spiro atoms. The molecule has 0 saturated heterocycles. The van der Waals surface area contributed by atoms with Gasteiger partial charge in [0.15, 0.2) is 0 Å². The van der Waals surface area contributed by atoms with Crippen LogP contribution < -0.4 is 10.6 Å². The average Bonchev–Trinajstić information content (AvgIpc) is 2.53. The third-order valence-electron chi connectivity index (χ3n) is 3.56. The topological polar surface area (TPSA) is 63.2 Å². The number of amides is 1. The number of alkyl carbamates (subject to hydrolysis) is 1. The molecule has 5 nitrogen and oxygen atoms in total. The lowest BCUT2D eigenvalue weighted by Crippen LogP contribution is -2.41. The lowest BCUT2D eigenvalue weighted by atomic mass is 10.1. The Morgan fingerprint density at radius 2 is 2.04 bits per heavy atom. The van der Waals surface area contributed by atoms with Crippen LogP contribution in [0, 0.1) is 0 Å². The zero-order valence-corrected chi connectivity index (χ0v) is 16.6. The van der Waals surface area contributed by atoms with Crippen molar-refractivity contribution < 1.29 is 9.53 Å². The van der Waals surface area contributed by atoms with Crippen LogP contribution in [0.1, 0.15) is 39.2 Å². The number of carbonyl (C=O) groups is 1. The summed E-state index contributed by atoms with van der Waals surface area (Å²) in [6, 6.07) is 6.38. The molecule has 0 fully saturated rings. The van der Waals surface area contributed by atoms with Crippen LogP contribution in [0.25, 0.3) is 10.8 Å². The van der Waals surface area contributed by atoms with Crippen LogP contribution in [-0.4, -0.2) is 29.8 Å². The molecule has 0 saturated carbocycles. The van der Waals surface area contributed by atoms with Gasteiger partial charge in [-0.05, 0) is 73.1 Å². The van der Waals surface area contributed by atoms with E-state index < -0.39 is 0 Å². The molecule has 0 bridgehead atoms. The van der Waals surface area contributed by atoms with E-state index in [0.717, 1.165) is 35.8 Å². The largest absolute Gasteiger partial charge is 0.450 e. The average molecular weight is 408 g/mol. The Labute approximate surface area is 157 Å². The molecular weight excluding hydrogens is 382 g/mol. The lowest BCUT2D eigenvalue weighted by molar-refractivity contribution is 0.135. The predicted octanol–water partition coefficient (Wildman–Crippen LogP) is 4.39. The predicted molar refractivity (Wildman–Crippen MR) is 105 cm³/mol. The van der Waals surface area contributed by atoms with Crippen LogP contribution in [0.5, 0.6) is 0 Å². The van der Waals surface area contributed by atoms with Crippen LogP contribution in [0.3, 0.4) is 0 Å². The number of nitrogens with one attached hydrogen (secondary N) is 2. The van der Waals surface area contributed by atoms with Crippen molar-refractivity contribution in [1.82, 2.24) is 15.6 Å². The van der Waals surface area contributed by atoms with Crippen LogP contribution in [0.4, 0.5) is 4.79 Å². The van der Waals surface area contributed by atoms with Crippen LogP contribution in [0.2, 0.25) is 0 Å². The monoisotopic (exact) mass is 407 g/mol. The number of ether oxygens (including phenoxy) is 1. The van der Waals surface area contributed by atoms with E-state index in [2.05, 4.69) is 49.7 Å². The summed E-state index contributed by atoms with van der Waals surface area (Å²) in [5.74, 6) is 0. The normalized spacial score (nSPS) is 11.5. The van der Waals surface area contributed by atoms with Gasteiger partial charge < -0.3 is 15.4 Å². The van der Waals surface area contributed by atoms with Crippen molar-refractivity contribution >= 4 is 32.8 Å². The molecule has 0 atom stereocenters. The van der Waals surface area contributed by atoms with Gasteiger partial charge in [0.25, 0.3) is 0 Å². The van der Waals surface area contributed by atoms with Crippen LogP contribution >= 0.6 is 15.9 Å². The molecule has 136 valence electrons. The molecule has 0 aliphatic rings. The molecule has 2 aromatic rings. The van der Waals surface area contributed by atoms with E-state index in [4.69, 9.17) is 4.74 Å². The SMILES string of the molecule is CC(C)(C)NC(=O)OCCCCNCc1ccc2cncc(Br)c2c1. The quantitative estimate of drug-likeness (QED) is 0.667. The molecular formula is C19H26BrN3O2. The maximum atomic E-state index is 11.5. The smallest absolute Gasteiger partial charge is 0.407 e. The highest BCUT2D eigenvalue weighted by atomic mass is 79.9. The first-order valence-corrected chi connectivity index (χ1v) is 9.32.